The van der Waals surface area contributed by atoms with Crippen molar-refractivity contribution in [3.63, 3.8) is 0 Å². The Kier molecular flexibility index (Phi) is 5.44. The molecular weight excluding hydrogens is 324 g/mol. The summed E-state index contributed by atoms with van der Waals surface area (Å²) < 4.78 is 0. The number of hydrogen-bond donors (Lipinski definition) is 2. The predicted molar refractivity (Wildman–Crippen MR) is 104 cm³/mol. The van der Waals surface area contributed by atoms with E-state index in [9.17, 15) is 9.59 Å². The average Bonchev–Trinajstić information content (AvgIpc) is 2.69. The van der Waals surface area contributed by atoms with E-state index in [2.05, 4.69) is 5.32 Å². The highest BCUT2D eigenvalue weighted by Gasteiger charge is 2.15. The summed E-state index contributed by atoms with van der Waals surface area (Å²) >= 11 is 0. The van der Waals surface area contributed by atoms with E-state index in [0.717, 1.165) is 5.56 Å². The van der Waals surface area contributed by atoms with Gasteiger partial charge in [0, 0.05) is 23.2 Å². The van der Waals surface area contributed by atoms with E-state index in [1.54, 1.807) is 42.5 Å². The second-order valence-electron chi connectivity index (χ2n) is 6.03. The first-order chi connectivity index (χ1) is 12.6. The zero-order valence-electron chi connectivity index (χ0n) is 14.3. The minimum absolute atomic E-state index is 0.138. The minimum Gasteiger partial charge on any atom is -0.399 e. The summed E-state index contributed by atoms with van der Waals surface area (Å²) in [6.07, 6.45) is 0.983. The van der Waals surface area contributed by atoms with Crippen molar-refractivity contribution in [3.8, 4) is 0 Å². The maximum atomic E-state index is 12.8. The summed E-state index contributed by atoms with van der Waals surface area (Å²) in [7, 11) is 0. The second kappa shape index (κ2) is 8.12. The number of amides is 1. The molecule has 0 aliphatic heterocycles. The first-order valence-corrected chi connectivity index (χ1v) is 8.46. The number of carbonyl (C=O) groups is 2. The van der Waals surface area contributed by atoms with Gasteiger partial charge in [0.15, 0.2) is 5.78 Å². The number of rotatable bonds is 6. The van der Waals surface area contributed by atoms with Crippen molar-refractivity contribution in [2.45, 2.75) is 12.8 Å². The molecule has 130 valence electrons. The molecule has 1 amide bonds. The van der Waals surface area contributed by atoms with E-state index in [1.165, 1.54) is 0 Å². The Morgan fingerprint density at radius 1 is 0.846 bits per heavy atom. The van der Waals surface area contributed by atoms with Gasteiger partial charge >= 0.3 is 0 Å². The van der Waals surface area contributed by atoms with Gasteiger partial charge in [-0.3, -0.25) is 9.59 Å². The van der Waals surface area contributed by atoms with Crippen LogP contribution in [0.5, 0.6) is 0 Å². The van der Waals surface area contributed by atoms with Gasteiger partial charge in [-0.05, 0) is 30.2 Å². The molecule has 0 saturated carbocycles. The monoisotopic (exact) mass is 344 g/mol. The van der Waals surface area contributed by atoms with Gasteiger partial charge in [-0.2, -0.15) is 0 Å². The lowest BCUT2D eigenvalue weighted by Crippen LogP contribution is -2.16. The van der Waals surface area contributed by atoms with Gasteiger partial charge in [-0.1, -0.05) is 60.7 Å². The van der Waals surface area contributed by atoms with Crippen LogP contribution < -0.4 is 11.1 Å². The number of nitrogens with two attached hydrogens (primary N) is 1. The third-order valence-corrected chi connectivity index (χ3v) is 4.08. The highest BCUT2D eigenvalue weighted by Crippen LogP contribution is 2.23. The summed E-state index contributed by atoms with van der Waals surface area (Å²) in [5.74, 6) is -0.308. The van der Waals surface area contributed by atoms with Crippen LogP contribution in [0.2, 0.25) is 0 Å². The van der Waals surface area contributed by atoms with E-state index >= 15 is 0 Å². The molecule has 0 bridgehead atoms. The van der Waals surface area contributed by atoms with Crippen LogP contribution in [0.3, 0.4) is 0 Å². The Morgan fingerprint density at radius 2 is 1.50 bits per heavy atom. The quantitative estimate of drug-likeness (QED) is 0.523. The third kappa shape index (κ3) is 4.36. The zero-order chi connectivity index (χ0) is 18.4. The first-order valence-electron chi connectivity index (χ1n) is 8.46. The molecule has 3 N–H and O–H groups in total. The minimum atomic E-state index is -0.170. The lowest BCUT2D eigenvalue weighted by atomic mass is 10.0. The summed E-state index contributed by atoms with van der Waals surface area (Å²) in [6, 6.07) is 23.7. The Morgan fingerprint density at radius 3 is 2.19 bits per heavy atom. The summed E-state index contributed by atoms with van der Waals surface area (Å²) in [5, 5.41) is 2.84. The molecule has 0 aliphatic carbocycles. The van der Waals surface area contributed by atoms with Crippen LogP contribution in [0.15, 0.2) is 78.9 Å². The van der Waals surface area contributed by atoms with Crippen LogP contribution in [0.4, 0.5) is 11.4 Å². The molecule has 0 radical (unpaired) electrons. The van der Waals surface area contributed by atoms with Gasteiger partial charge in [0.1, 0.15) is 0 Å². The van der Waals surface area contributed by atoms with Gasteiger partial charge in [-0.15, -0.1) is 0 Å². The van der Waals surface area contributed by atoms with Gasteiger partial charge in [0.05, 0.1) is 5.69 Å². The summed E-state index contributed by atoms with van der Waals surface area (Å²) in [4.78, 5) is 25.1. The molecule has 4 nitrogen and oxygen atoms in total. The predicted octanol–water partition coefficient (Wildman–Crippen LogP) is 4.07. The molecule has 0 saturated heterocycles. The first kappa shape index (κ1) is 17.4. The molecule has 0 unspecified atom stereocenters. The Bertz CT molecular complexity index is 906. The van der Waals surface area contributed by atoms with E-state index < -0.39 is 0 Å². The van der Waals surface area contributed by atoms with E-state index in [1.807, 2.05) is 36.4 Å². The largest absolute Gasteiger partial charge is 0.399 e. The third-order valence-electron chi connectivity index (χ3n) is 4.08. The maximum Gasteiger partial charge on any atom is 0.224 e. The molecule has 3 rings (SSSR count). The number of aryl methyl sites for hydroxylation is 1. The van der Waals surface area contributed by atoms with E-state index in [4.69, 9.17) is 5.73 Å². The van der Waals surface area contributed by atoms with Crippen molar-refractivity contribution in [3.05, 3.63) is 95.6 Å². The standard InChI is InChI=1S/C22H20N2O2/c23-18-12-13-20(19(15-18)22(26)17-9-5-2-6-10-17)24-21(25)14-11-16-7-3-1-4-8-16/h1-10,12-13,15H,11,14,23H2,(H,24,25). The normalized spacial score (nSPS) is 10.3. The van der Waals surface area contributed by atoms with Crippen LogP contribution in [0.25, 0.3) is 0 Å². The number of benzene rings is 3. The molecule has 4 heteroatoms. The molecule has 0 heterocycles. The zero-order valence-corrected chi connectivity index (χ0v) is 14.3. The van der Waals surface area contributed by atoms with E-state index in [0.29, 0.717) is 35.3 Å². The molecule has 0 aromatic heterocycles. The second-order valence-corrected chi connectivity index (χ2v) is 6.03. The maximum absolute atomic E-state index is 12.8. The van der Waals surface area contributed by atoms with Crippen LogP contribution in [-0.2, 0) is 11.2 Å². The molecule has 0 aliphatic rings. The Hall–Kier alpha value is -3.40. The van der Waals surface area contributed by atoms with Gasteiger partial charge in [0.25, 0.3) is 0 Å². The fourth-order valence-corrected chi connectivity index (χ4v) is 2.72. The van der Waals surface area contributed by atoms with Crippen LogP contribution in [-0.4, -0.2) is 11.7 Å². The lowest BCUT2D eigenvalue weighted by Gasteiger charge is -2.12. The van der Waals surface area contributed by atoms with Crippen molar-refractivity contribution in [2.75, 3.05) is 11.1 Å². The Balaban J connectivity index is 1.75. The number of anilines is 2. The van der Waals surface area contributed by atoms with Gasteiger partial charge < -0.3 is 11.1 Å². The molecule has 26 heavy (non-hydrogen) atoms. The van der Waals surface area contributed by atoms with Gasteiger partial charge in [-0.25, -0.2) is 0 Å². The number of nitrogen functional groups attached to an aromatic ring is 1. The molecule has 0 fully saturated rings. The van der Waals surface area contributed by atoms with Crippen LogP contribution in [0, 0.1) is 0 Å². The fourth-order valence-electron chi connectivity index (χ4n) is 2.72. The molecule has 3 aromatic rings. The number of nitrogens with one attached hydrogen (secondary N) is 1. The molecule has 3 aromatic carbocycles. The van der Waals surface area contributed by atoms with E-state index in [-0.39, 0.29) is 11.7 Å². The summed E-state index contributed by atoms with van der Waals surface area (Å²) in [5.41, 5.74) is 8.84. The van der Waals surface area contributed by atoms with Crippen molar-refractivity contribution in [1.82, 2.24) is 0 Å². The lowest BCUT2D eigenvalue weighted by molar-refractivity contribution is -0.116. The Labute approximate surface area is 152 Å². The molecule has 0 atom stereocenters. The number of hydrogen-bond acceptors (Lipinski definition) is 3. The smallest absolute Gasteiger partial charge is 0.224 e. The number of carbonyl (C=O) groups excluding carboxylic acids is 2. The van der Waals surface area contributed by atoms with Crippen molar-refractivity contribution in [1.29, 1.82) is 0 Å². The van der Waals surface area contributed by atoms with Crippen molar-refractivity contribution in [2.24, 2.45) is 0 Å². The SMILES string of the molecule is Nc1ccc(NC(=O)CCc2ccccc2)c(C(=O)c2ccccc2)c1. The number of ketones is 1. The summed E-state index contributed by atoms with van der Waals surface area (Å²) in [6.45, 7) is 0. The topological polar surface area (TPSA) is 72.2 Å². The van der Waals surface area contributed by atoms with Crippen LogP contribution in [0.1, 0.15) is 27.9 Å². The highest BCUT2D eigenvalue weighted by atomic mass is 16.1. The highest BCUT2D eigenvalue weighted by molar-refractivity contribution is 6.14. The molecule has 0 spiro atoms. The van der Waals surface area contributed by atoms with Crippen molar-refractivity contribution < 1.29 is 9.59 Å². The van der Waals surface area contributed by atoms with Crippen molar-refractivity contribution >= 4 is 23.1 Å². The molecular formula is C22H20N2O2. The fraction of sp³-hybridized carbons (Fsp3) is 0.0909. The van der Waals surface area contributed by atoms with Crippen LogP contribution >= 0.6 is 0 Å². The van der Waals surface area contributed by atoms with Gasteiger partial charge in [0.2, 0.25) is 5.91 Å². The average molecular weight is 344 g/mol.